The summed E-state index contributed by atoms with van der Waals surface area (Å²) in [6, 6.07) is 13.8. The van der Waals surface area contributed by atoms with Gasteiger partial charge in [-0.3, -0.25) is 20.2 Å². The van der Waals surface area contributed by atoms with Crippen LogP contribution in [0.4, 0.5) is 14.3 Å². The topological polar surface area (TPSA) is 109 Å². The molecule has 0 aliphatic heterocycles. The summed E-state index contributed by atoms with van der Waals surface area (Å²) in [7, 11) is 0. The minimum absolute atomic E-state index is 0.0451. The number of urea groups is 1. The monoisotopic (exact) mass is 498 g/mol. The van der Waals surface area contributed by atoms with Gasteiger partial charge in [-0.05, 0) is 49.1 Å². The van der Waals surface area contributed by atoms with Gasteiger partial charge in [-0.25, -0.2) is 14.2 Å². The van der Waals surface area contributed by atoms with Crippen LogP contribution in [0.1, 0.15) is 40.9 Å². The maximum Gasteiger partial charge on any atom is 0.327 e. The van der Waals surface area contributed by atoms with Gasteiger partial charge in [0.05, 0.1) is 12.3 Å². The molecule has 0 radical (unpaired) electrons. The Morgan fingerprint density at radius 2 is 1.74 bits per heavy atom. The third-order valence-electron chi connectivity index (χ3n) is 4.88. The van der Waals surface area contributed by atoms with E-state index < -0.39 is 11.9 Å². The zero-order valence-electron chi connectivity index (χ0n) is 19.1. The highest BCUT2D eigenvalue weighted by Gasteiger charge is 2.11. The van der Waals surface area contributed by atoms with Gasteiger partial charge in [-0.15, -0.1) is 11.3 Å². The Balaban J connectivity index is 1.23. The molecule has 184 valence electrons. The highest BCUT2D eigenvalue weighted by Crippen LogP contribution is 2.17. The fourth-order valence-corrected chi connectivity index (χ4v) is 3.84. The number of ether oxygens (including phenoxy) is 1. The zero-order valence-corrected chi connectivity index (χ0v) is 19.9. The Labute approximate surface area is 206 Å². The van der Waals surface area contributed by atoms with Crippen molar-refractivity contribution in [3.05, 3.63) is 82.6 Å². The highest BCUT2D eigenvalue weighted by molar-refractivity contribution is 7.13. The molecule has 0 saturated carbocycles. The van der Waals surface area contributed by atoms with E-state index in [1.54, 1.807) is 42.5 Å². The van der Waals surface area contributed by atoms with Crippen LogP contribution in [0.5, 0.6) is 0 Å². The molecule has 0 spiro atoms. The average Bonchev–Trinajstić information content (AvgIpc) is 3.30. The molecule has 2 aromatic carbocycles. The van der Waals surface area contributed by atoms with E-state index in [2.05, 4.69) is 20.9 Å². The molecule has 0 saturated heterocycles. The van der Waals surface area contributed by atoms with E-state index in [-0.39, 0.29) is 24.9 Å². The number of aromatic nitrogens is 1. The van der Waals surface area contributed by atoms with Gasteiger partial charge in [0.2, 0.25) is 5.91 Å². The standard InChI is InChI=1S/C25H27FN4O4S/c26-20-12-10-18(11-13-20)15-34-16-22(31)27-14-6-2-5-9-21-17-35-25(28-21)30-24(33)29-23(32)19-7-3-1-4-8-19/h1,3-4,7-8,10-13,17H,2,5-6,9,14-16H2,(H,27,31)(H2,28,29,30,32,33). The lowest BCUT2D eigenvalue weighted by Crippen LogP contribution is -2.34. The molecule has 0 unspecified atom stereocenters. The van der Waals surface area contributed by atoms with Gasteiger partial charge in [0.25, 0.3) is 5.91 Å². The molecule has 1 heterocycles. The van der Waals surface area contributed by atoms with E-state index in [4.69, 9.17) is 4.74 Å². The Bertz CT molecular complexity index is 1110. The molecule has 0 aliphatic rings. The predicted molar refractivity (Wildman–Crippen MR) is 132 cm³/mol. The number of aryl methyl sites for hydroxylation is 1. The van der Waals surface area contributed by atoms with Crippen LogP contribution in [0.2, 0.25) is 0 Å². The van der Waals surface area contributed by atoms with E-state index in [1.807, 2.05) is 5.38 Å². The van der Waals surface area contributed by atoms with Crippen molar-refractivity contribution in [2.24, 2.45) is 0 Å². The van der Waals surface area contributed by atoms with Gasteiger partial charge < -0.3 is 10.1 Å². The number of carbonyl (C=O) groups is 3. The van der Waals surface area contributed by atoms with E-state index in [0.29, 0.717) is 17.2 Å². The maximum absolute atomic E-state index is 12.9. The summed E-state index contributed by atoms with van der Waals surface area (Å²) in [6.07, 6.45) is 3.36. The number of nitrogens with zero attached hydrogens (tertiary/aromatic N) is 1. The Hall–Kier alpha value is -3.63. The van der Waals surface area contributed by atoms with Crippen LogP contribution in [-0.4, -0.2) is 36.0 Å². The molecule has 10 heteroatoms. The van der Waals surface area contributed by atoms with Crippen molar-refractivity contribution in [3.63, 3.8) is 0 Å². The van der Waals surface area contributed by atoms with Crippen LogP contribution in [0, 0.1) is 5.82 Å². The first kappa shape index (κ1) is 26.0. The highest BCUT2D eigenvalue weighted by atomic mass is 32.1. The van der Waals surface area contributed by atoms with E-state index in [1.165, 1.54) is 23.5 Å². The number of hydrogen-bond acceptors (Lipinski definition) is 6. The van der Waals surface area contributed by atoms with Gasteiger partial charge in [0, 0.05) is 17.5 Å². The van der Waals surface area contributed by atoms with Crippen LogP contribution in [0.25, 0.3) is 0 Å². The average molecular weight is 499 g/mol. The Kier molecular flexibility index (Phi) is 10.3. The molecule has 3 aromatic rings. The van der Waals surface area contributed by atoms with E-state index in [0.717, 1.165) is 36.9 Å². The number of rotatable bonds is 12. The van der Waals surface area contributed by atoms with Crippen molar-refractivity contribution >= 4 is 34.3 Å². The fraction of sp³-hybridized carbons (Fsp3) is 0.280. The first-order chi connectivity index (χ1) is 17.0. The van der Waals surface area contributed by atoms with E-state index in [9.17, 15) is 18.8 Å². The molecule has 3 rings (SSSR count). The summed E-state index contributed by atoms with van der Waals surface area (Å²) in [5.74, 6) is -0.976. The number of anilines is 1. The SMILES string of the molecule is O=C(COCc1ccc(F)cc1)NCCCCCc1csc(NC(=O)NC(=O)c2ccccc2)n1. The number of amides is 4. The predicted octanol–water partition coefficient (Wildman–Crippen LogP) is 4.29. The Morgan fingerprint density at radius 1 is 0.971 bits per heavy atom. The molecule has 0 aliphatic carbocycles. The van der Waals surface area contributed by atoms with Crippen LogP contribution in [0.3, 0.4) is 0 Å². The summed E-state index contributed by atoms with van der Waals surface area (Å²) in [5, 5.41) is 9.95. The van der Waals surface area contributed by atoms with Gasteiger partial charge in [-0.1, -0.05) is 36.8 Å². The number of imide groups is 1. The Morgan fingerprint density at radius 3 is 2.51 bits per heavy atom. The molecule has 0 fully saturated rings. The van der Waals surface area contributed by atoms with Crippen LogP contribution < -0.4 is 16.0 Å². The number of carbonyl (C=O) groups excluding carboxylic acids is 3. The lowest BCUT2D eigenvalue weighted by atomic mass is 10.1. The third-order valence-corrected chi connectivity index (χ3v) is 5.69. The first-order valence-electron chi connectivity index (χ1n) is 11.2. The number of unbranched alkanes of at least 4 members (excludes halogenated alkanes) is 2. The molecule has 35 heavy (non-hydrogen) atoms. The summed E-state index contributed by atoms with van der Waals surface area (Å²) in [6.45, 7) is 0.762. The van der Waals surface area contributed by atoms with Crippen molar-refractivity contribution in [1.82, 2.24) is 15.6 Å². The second kappa shape index (κ2) is 13.9. The van der Waals surface area contributed by atoms with Gasteiger partial charge in [0.15, 0.2) is 5.13 Å². The largest absolute Gasteiger partial charge is 0.367 e. The second-order valence-corrected chi connectivity index (χ2v) is 8.56. The van der Waals surface area contributed by atoms with Crippen molar-refractivity contribution in [1.29, 1.82) is 0 Å². The summed E-state index contributed by atoms with van der Waals surface area (Å²) in [4.78, 5) is 40.2. The normalized spacial score (nSPS) is 10.5. The third kappa shape index (κ3) is 9.63. The molecule has 3 N–H and O–H groups in total. The number of halogens is 1. The van der Waals surface area contributed by atoms with Crippen LogP contribution >= 0.6 is 11.3 Å². The van der Waals surface area contributed by atoms with Gasteiger partial charge in [-0.2, -0.15) is 0 Å². The summed E-state index contributed by atoms with van der Waals surface area (Å²) >= 11 is 1.30. The summed E-state index contributed by atoms with van der Waals surface area (Å²) in [5.41, 5.74) is 2.06. The molecule has 8 nitrogen and oxygen atoms in total. The van der Waals surface area contributed by atoms with Crippen molar-refractivity contribution in [2.75, 3.05) is 18.5 Å². The zero-order chi connectivity index (χ0) is 24.9. The molecule has 0 bridgehead atoms. The number of nitrogens with one attached hydrogen (secondary N) is 3. The smallest absolute Gasteiger partial charge is 0.327 e. The van der Waals surface area contributed by atoms with Gasteiger partial charge in [0.1, 0.15) is 12.4 Å². The van der Waals surface area contributed by atoms with E-state index >= 15 is 0 Å². The maximum atomic E-state index is 12.9. The molecule has 0 atom stereocenters. The molecular weight excluding hydrogens is 471 g/mol. The molecule has 4 amide bonds. The van der Waals surface area contributed by atoms with Crippen LogP contribution in [0.15, 0.2) is 60.0 Å². The first-order valence-corrected chi connectivity index (χ1v) is 12.1. The quantitative estimate of drug-likeness (QED) is 0.323. The van der Waals surface area contributed by atoms with Gasteiger partial charge >= 0.3 is 6.03 Å². The van der Waals surface area contributed by atoms with Crippen LogP contribution in [-0.2, 0) is 22.6 Å². The fourth-order valence-electron chi connectivity index (χ4n) is 3.10. The minimum Gasteiger partial charge on any atom is -0.367 e. The second-order valence-electron chi connectivity index (χ2n) is 7.70. The number of thiazole rings is 1. The lowest BCUT2D eigenvalue weighted by Gasteiger charge is -2.06. The van der Waals surface area contributed by atoms with Crippen molar-refractivity contribution < 1.29 is 23.5 Å². The molecule has 1 aromatic heterocycles. The number of hydrogen-bond donors (Lipinski definition) is 3. The summed E-state index contributed by atoms with van der Waals surface area (Å²) < 4.78 is 18.2. The number of benzene rings is 2. The molecular formula is C25H27FN4O4S. The lowest BCUT2D eigenvalue weighted by molar-refractivity contribution is -0.126. The minimum atomic E-state index is -0.628. The van der Waals surface area contributed by atoms with Crippen molar-refractivity contribution in [2.45, 2.75) is 32.3 Å². The van der Waals surface area contributed by atoms with Crippen molar-refractivity contribution in [3.8, 4) is 0 Å².